The van der Waals surface area contributed by atoms with E-state index >= 15 is 0 Å². The van der Waals surface area contributed by atoms with E-state index in [0.29, 0.717) is 26.9 Å². The molecule has 0 spiro atoms. The molecule has 0 bridgehead atoms. The van der Waals surface area contributed by atoms with Crippen molar-refractivity contribution < 1.29 is 24.7 Å². The largest absolute Gasteiger partial charge is 0.394 e. The molecule has 3 aromatic heterocycles. The summed E-state index contributed by atoms with van der Waals surface area (Å²) < 4.78 is 11.9. The van der Waals surface area contributed by atoms with Gasteiger partial charge in [0.2, 0.25) is 0 Å². The van der Waals surface area contributed by atoms with E-state index in [1.807, 2.05) is 18.2 Å². The lowest BCUT2D eigenvalue weighted by atomic mass is 10.1. The van der Waals surface area contributed by atoms with Gasteiger partial charge < -0.3 is 20.1 Å². The van der Waals surface area contributed by atoms with Gasteiger partial charge in [-0.3, -0.25) is 4.57 Å². The van der Waals surface area contributed by atoms with Crippen molar-refractivity contribution in [2.45, 2.75) is 34.8 Å². The van der Waals surface area contributed by atoms with Crippen LogP contribution in [0.1, 0.15) is 22.7 Å². The molecular weight excluding hydrogens is 460 g/mol. The van der Waals surface area contributed by atoms with Crippen LogP contribution in [-0.2, 0) is 4.74 Å². The van der Waals surface area contributed by atoms with Crippen LogP contribution in [0.3, 0.4) is 0 Å². The van der Waals surface area contributed by atoms with Crippen molar-refractivity contribution in [3.8, 4) is 0 Å². The molecule has 1 aliphatic rings. The van der Waals surface area contributed by atoms with Gasteiger partial charge in [0, 0.05) is 5.02 Å². The molecule has 11 nitrogen and oxygen atoms in total. The van der Waals surface area contributed by atoms with Crippen LogP contribution in [-0.4, -0.2) is 70.1 Å². The van der Waals surface area contributed by atoms with Crippen LogP contribution in [0.25, 0.3) is 11.2 Å². The molecule has 0 amide bonds. The molecule has 4 aromatic rings. The first-order chi connectivity index (χ1) is 15.6. The summed E-state index contributed by atoms with van der Waals surface area (Å²) in [6, 6.07) is 7.35. The number of hydrogen-bond acceptors (Lipinski definition) is 11. The Bertz CT molecular complexity index is 1220. The van der Waals surface area contributed by atoms with Crippen LogP contribution in [0.5, 0.6) is 0 Å². The zero-order valence-electron chi connectivity index (χ0n) is 16.3. The standard InChI is InChI=1S/C19H17ClN6O5S/c20-10-3-1-2-9(4-10)16(11-5-24-31-25-11)32-18-13-17(21-7-22-18)26(8-23-13)19-15(29)14(28)12(6-27)30-19/h1-5,7-8,12,14-16,19,27-29H,6H2. The maximum Gasteiger partial charge on any atom is 0.166 e. The van der Waals surface area contributed by atoms with Gasteiger partial charge in [0.25, 0.3) is 0 Å². The van der Waals surface area contributed by atoms with Crippen LogP contribution < -0.4 is 0 Å². The number of thioether (sulfide) groups is 1. The molecule has 1 aromatic carbocycles. The first-order valence-corrected chi connectivity index (χ1v) is 10.8. The summed E-state index contributed by atoms with van der Waals surface area (Å²) in [4.78, 5) is 13.1. The van der Waals surface area contributed by atoms with E-state index < -0.39 is 31.1 Å². The number of benzene rings is 1. The number of aliphatic hydroxyl groups is 3. The van der Waals surface area contributed by atoms with Gasteiger partial charge >= 0.3 is 0 Å². The molecule has 3 N–H and O–H groups in total. The van der Waals surface area contributed by atoms with Gasteiger partial charge in [-0.05, 0) is 17.7 Å². The average molecular weight is 477 g/mol. The Balaban J connectivity index is 1.52. The highest BCUT2D eigenvalue weighted by Crippen LogP contribution is 2.41. The third-order valence-corrected chi connectivity index (χ3v) is 6.65. The molecule has 0 radical (unpaired) electrons. The molecule has 32 heavy (non-hydrogen) atoms. The van der Waals surface area contributed by atoms with Crippen LogP contribution in [0.2, 0.25) is 5.02 Å². The minimum Gasteiger partial charge on any atom is -0.394 e. The quantitative estimate of drug-likeness (QED) is 0.273. The molecule has 1 fully saturated rings. The summed E-state index contributed by atoms with van der Waals surface area (Å²) in [5, 5.41) is 38.3. The predicted octanol–water partition coefficient (Wildman–Crippen LogP) is 1.36. The van der Waals surface area contributed by atoms with Crippen molar-refractivity contribution in [1.29, 1.82) is 0 Å². The van der Waals surface area contributed by atoms with E-state index in [0.717, 1.165) is 5.56 Å². The second kappa shape index (κ2) is 8.73. The topological polar surface area (TPSA) is 152 Å². The van der Waals surface area contributed by atoms with E-state index in [1.54, 1.807) is 6.07 Å². The lowest BCUT2D eigenvalue weighted by Gasteiger charge is -2.17. The fourth-order valence-corrected chi connectivity index (χ4v) is 4.87. The van der Waals surface area contributed by atoms with Crippen LogP contribution in [0.4, 0.5) is 0 Å². The van der Waals surface area contributed by atoms with E-state index in [-0.39, 0.29) is 5.25 Å². The van der Waals surface area contributed by atoms with Crippen molar-refractivity contribution in [2.75, 3.05) is 6.61 Å². The number of halogens is 1. The number of ether oxygens (including phenoxy) is 1. The average Bonchev–Trinajstić information content (AvgIpc) is 3.53. The maximum atomic E-state index is 10.4. The summed E-state index contributed by atoms with van der Waals surface area (Å²) in [6.45, 7) is -0.426. The van der Waals surface area contributed by atoms with Gasteiger partial charge in [-0.1, -0.05) is 45.8 Å². The number of aliphatic hydroxyl groups excluding tert-OH is 3. The fraction of sp³-hybridized carbons (Fsp3) is 0.316. The van der Waals surface area contributed by atoms with Gasteiger partial charge in [-0.15, -0.1) is 0 Å². The Labute approximate surface area is 190 Å². The number of fused-ring (bicyclic) bond motifs is 1. The Kier molecular flexibility index (Phi) is 5.80. The van der Waals surface area contributed by atoms with Gasteiger partial charge in [0.1, 0.15) is 40.9 Å². The Morgan fingerprint density at radius 1 is 1.19 bits per heavy atom. The summed E-state index contributed by atoms with van der Waals surface area (Å²) in [7, 11) is 0. The van der Waals surface area contributed by atoms with Crippen molar-refractivity contribution in [3.05, 3.63) is 59.4 Å². The third kappa shape index (κ3) is 3.74. The zero-order chi connectivity index (χ0) is 22.2. The SMILES string of the molecule is OCC1OC(n2cnc3c(SC(c4cccc(Cl)c4)c4cnon4)ncnc32)C(O)C1O. The normalized spacial score (nSPS) is 24.2. The number of imidazole rings is 1. The number of hydrogen-bond donors (Lipinski definition) is 3. The van der Waals surface area contributed by atoms with Gasteiger partial charge in [0.15, 0.2) is 11.9 Å². The first kappa shape index (κ1) is 21.2. The first-order valence-electron chi connectivity index (χ1n) is 9.56. The molecule has 5 unspecified atom stereocenters. The van der Waals surface area contributed by atoms with E-state index in [1.165, 1.54) is 35.2 Å². The molecule has 0 saturated carbocycles. The van der Waals surface area contributed by atoms with Gasteiger partial charge in [-0.25, -0.2) is 19.6 Å². The smallest absolute Gasteiger partial charge is 0.166 e. The molecule has 166 valence electrons. The minimum atomic E-state index is -1.25. The maximum absolute atomic E-state index is 10.4. The van der Waals surface area contributed by atoms with E-state index in [9.17, 15) is 15.3 Å². The van der Waals surface area contributed by atoms with Crippen LogP contribution >= 0.6 is 23.4 Å². The van der Waals surface area contributed by atoms with Crippen molar-refractivity contribution in [1.82, 2.24) is 29.8 Å². The highest BCUT2D eigenvalue weighted by Gasteiger charge is 2.44. The number of aromatic nitrogens is 6. The fourth-order valence-electron chi connectivity index (χ4n) is 3.58. The molecule has 5 rings (SSSR count). The molecular formula is C19H17ClN6O5S. The third-order valence-electron chi connectivity index (χ3n) is 5.14. The summed E-state index contributed by atoms with van der Waals surface area (Å²) >= 11 is 7.55. The zero-order valence-corrected chi connectivity index (χ0v) is 17.8. The van der Waals surface area contributed by atoms with Gasteiger partial charge in [0.05, 0.1) is 24.4 Å². The highest BCUT2D eigenvalue weighted by atomic mass is 35.5. The lowest BCUT2D eigenvalue weighted by molar-refractivity contribution is -0.0511. The Hall–Kier alpha value is -2.61. The number of rotatable bonds is 6. The molecule has 4 heterocycles. The molecule has 5 atom stereocenters. The molecule has 1 saturated heterocycles. The van der Waals surface area contributed by atoms with E-state index in [2.05, 4.69) is 25.3 Å². The number of nitrogens with zero attached hydrogens (tertiary/aromatic N) is 6. The van der Waals surface area contributed by atoms with Crippen molar-refractivity contribution in [2.24, 2.45) is 0 Å². The van der Waals surface area contributed by atoms with Crippen molar-refractivity contribution in [3.63, 3.8) is 0 Å². The molecule has 13 heteroatoms. The van der Waals surface area contributed by atoms with Crippen LogP contribution in [0, 0.1) is 0 Å². The summed E-state index contributed by atoms with van der Waals surface area (Å²) in [5.74, 6) is 0. The predicted molar refractivity (Wildman–Crippen MR) is 112 cm³/mol. The minimum absolute atomic E-state index is 0.336. The van der Waals surface area contributed by atoms with Gasteiger partial charge in [-0.2, -0.15) is 0 Å². The second-order valence-corrected chi connectivity index (χ2v) is 8.65. The Morgan fingerprint density at radius 2 is 2.06 bits per heavy atom. The lowest BCUT2D eigenvalue weighted by Crippen LogP contribution is -2.33. The molecule has 0 aliphatic carbocycles. The monoisotopic (exact) mass is 476 g/mol. The van der Waals surface area contributed by atoms with Crippen LogP contribution in [0.15, 0.2) is 52.8 Å². The summed E-state index contributed by atoms with van der Waals surface area (Å²) in [5.41, 5.74) is 2.32. The summed E-state index contributed by atoms with van der Waals surface area (Å²) in [6.07, 6.45) is 0.00415. The van der Waals surface area contributed by atoms with Crippen molar-refractivity contribution >= 4 is 34.5 Å². The molecule has 1 aliphatic heterocycles. The second-order valence-electron chi connectivity index (χ2n) is 7.12. The highest BCUT2D eigenvalue weighted by molar-refractivity contribution is 7.99. The Morgan fingerprint density at radius 3 is 2.78 bits per heavy atom. The van der Waals surface area contributed by atoms with E-state index in [4.69, 9.17) is 21.0 Å².